The highest BCUT2D eigenvalue weighted by Gasteiger charge is 2.07. The molecule has 0 radical (unpaired) electrons. The van der Waals surface area contributed by atoms with Gasteiger partial charge in [0.2, 0.25) is 0 Å². The Hall–Kier alpha value is -1.35. The Morgan fingerprint density at radius 1 is 0.760 bits per heavy atom. The minimum atomic E-state index is -0.418. The van der Waals surface area contributed by atoms with E-state index in [1.54, 1.807) is 12.1 Å². The zero-order valence-electron chi connectivity index (χ0n) is 16.2. The van der Waals surface area contributed by atoms with Gasteiger partial charge in [-0.15, -0.1) is 0 Å². The van der Waals surface area contributed by atoms with Gasteiger partial charge in [0, 0.05) is 0 Å². The Morgan fingerprint density at radius 3 is 1.76 bits per heavy atom. The van der Waals surface area contributed by atoms with Crippen LogP contribution in [0.1, 0.15) is 99.9 Å². The summed E-state index contributed by atoms with van der Waals surface area (Å²) in [4.78, 5) is 21.6. The fourth-order valence-corrected chi connectivity index (χ4v) is 2.83. The lowest BCUT2D eigenvalue weighted by molar-refractivity contribution is -0.241. The molecule has 3 heteroatoms. The van der Waals surface area contributed by atoms with Gasteiger partial charge in [0.15, 0.2) is 0 Å². The number of hydrogen-bond acceptors (Lipinski definition) is 3. The van der Waals surface area contributed by atoms with Crippen LogP contribution < -0.4 is 0 Å². The molecule has 25 heavy (non-hydrogen) atoms. The summed E-state index contributed by atoms with van der Waals surface area (Å²) in [7, 11) is 0. The number of unbranched alkanes of at least 4 members (excludes halogenated alkanes) is 11. The molecule has 0 saturated heterocycles. The summed E-state index contributed by atoms with van der Waals surface area (Å²) in [5, 5.41) is 0. The fourth-order valence-electron chi connectivity index (χ4n) is 2.83. The van der Waals surface area contributed by atoms with E-state index < -0.39 is 5.97 Å². The van der Waals surface area contributed by atoms with E-state index in [9.17, 15) is 4.79 Å². The van der Waals surface area contributed by atoms with Crippen molar-refractivity contribution in [3.8, 4) is 0 Å². The SMILES string of the molecule is CCCCCCCCCCCCCCOOC(=O)c1ccc(C)cc1. The van der Waals surface area contributed by atoms with Crippen molar-refractivity contribution in [1.29, 1.82) is 0 Å². The van der Waals surface area contributed by atoms with Crippen LogP contribution in [0.5, 0.6) is 0 Å². The van der Waals surface area contributed by atoms with Gasteiger partial charge >= 0.3 is 5.97 Å². The Kier molecular flexibility index (Phi) is 13.0. The maximum absolute atomic E-state index is 11.7. The molecule has 0 bridgehead atoms. The molecule has 0 amide bonds. The van der Waals surface area contributed by atoms with E-state index in [0.717, 1.165) is 18.4 Å². The number of carbonyl (C=O) groups is 1. The van der Waals surface area contributed by atoms with E-state index >= 15 is 0 Å². The molecule has 0 spiro atoms. The molecule has 142 valence electrons. The lowest BCUT2D eigenvalue weighted by Gasteiger charge is -2.05. The average Bonchev–Trinajstić information content (AvgIpc) is 2.62. The molecule has 1 aromatic carbocycles. The summed E-state index contributed by atoms with van der Waals surface area (Å²) >= 11 is 0. The molecular weight excluding hydrogens is 312 g/mol. The van der Waals surface area contributed by atoms with Crippen LogP contribution in [0.4, 0.5) is 0 Å². The van der Waals surface area contributed by atoms with Gasteiger partial charge in [-0.2, -0.15) is 4.89 Å². The summed E-state index contributed by atoms with van der Waals surface area (Å²) in [5.41, 5.74) is 1.65. The molecule has 0 aliphatic rings. The van der Waals surface area contributed by atoms with Crippen LogP contribution in [0, 0.1) is 6.92 Å². The van der Waals surface area contributed by atoms with Crippen LogP contribution in [0.3, 0.4) is 0 Å². The number of aryl methyl sites for hydroxylation is 1. The number of hydrogen-bond donors (Lipinski definition) is 0. The minimum Gasteiger partial charge on any atom is -0.293 e. The van der Waals surface area contributed by atoms with Gasteiger partial charge in [0.05, 0.1) is 12.2 Å². The predicted octanol–water partition coefficient (Wildman–Crippen LogP) is 6.78. The predicted molar refractivity (Wildman–Crippen MR) is 104 cm³/mol. The highest BCUT2D eigenvalue weighted by atomic mass is 17.2. The van der Waals surface area contributed by atoms with Gasteiger partial charge in [-0.25, -0.2) is 4.79 Å². The topological polar surface area (TPSA) is 35.5 Å². The van der Waals surface area contributed by atoms with E-state index in [4.69, 9.17) is 9.78 Å². The minimum absolute atomic E-state index is 0.418. The van der Waals surface area contributed by atoms with Crippen LogP contribution in [0.25, 0.3) is 0 Å². The molecule has 0 N–H and O–H groups in total. The largest absolute Gasteiger partial charge is 0.373 e. The Morgan fingerprint density at radius 2 is 1.24 bits per heavy atom. The second-order valence-corrected chi connectivity index (χ2v) is 6.95. The first-order chi connectivity index (χ1) is 12.2. The molecule has 0 aliphatic carbocycles. The first-order valence-corrected chi connectivity index (χ1v) is 10.1. The first kappa shape index (κ1) is 21.7. The van der Waals surface area contributed by atoms with Gasteiger partial charge in [-0.3, -0.25) is 4.89 Å². The summed E-state index contributed by atoms with van der Waals surface area (Å²) in [5.74, 6) is -0.418. The number of benzene rings is 1. The number of carbonyl (C=O) groups excluding carboxylic acids is 1. The zero-order chi connectivity index (χ0) is 18.2. The summed E-state index contributed by atoms with van der Waals surface area (Å²) in [6.45, 7) is 4.73. The third-order valence-electron chi connectivity index (χ3n) is 4.50. The molecule has 3 nitrogen and oxygen atoms in total. The monoisotopic (exact) mass is 348 g/mol. The Balaban J connectivity index is 1.84. The van der Waals surface area contributed by atoms with Crippen LogP contribution in [0.15, 0.2) is 24.3 Å². The van der Waals surface area contributed by atoms with E-state index in [1.807, 2.05) is 19.1 Å². The number of rotatable bonds is 15. The quantitative estimate of drug-likeness (QED) is 0.199. The smallest absolute Gasteiger partial charge is 0.293 e. The average molecular weight is 349 g/mol. The molecule has 1 rings (SSSR count). The van der Waals surface area contributed by atoms with Crippen molar-refractivity contribution in [2.45, 2.75) is 90.9 Å². The summed E-state index contributed by atoms with van der Waals surface area (Å²) < 4.78 is 0. The van der Waals surface area contributed by atoms with E-state index in [1.165, 1.54) is 64.2 Å². The molecule has 0 aromatic heterocycles. The van der Waals surface area contributed by atoms with Gasteiger partial charge in [0.1, 0.15) is 0 Å². The second-order valence-electron chi connectivity index (χ2n) is 6.95. The summed E-state index contributed by atoms with van der Waals surface area (Å²) in [6.07, 6.45) is 15.7. The van der Waals surface area contributed by atoms with Crippen molar-refractivity contribution in [1.82, 2.24) is 0 Å². The van der Waals surface area contributed by atoms with Crippen LogP contribution in [0.2, 0.25) is 0 Å². The molecule has 0 fully saturated rings. The van der Waals surface area contributed by atoms with Crippen molar-refractivity contribution < 1.29 is 14.6 Å². The highest BCUT2D eigenvalue weighted by molar-refractivity contribution is 5.88. The molecule has 0 aliphatic heterocycles. The van der Waals surface area contributed by atoms with Crippen LogP contribution >= 0.6 is 0 Å². The van der Waals surface area contributed by atoms with E-state index in [0.29, 0.717) is 12.2 Å². The molecular formula is C22H36O3. The lowest BCUT2D eigenvalue weighted by atomic mass is 10.1. The second kappa shape index (κ2) is 14.9. The van der Waals surface area contributed by atoms with Gasteiger partial charge in [0.25, 0.3) is 0 Å². The van der Waals surface area contributed by atoms with Crippen molar-refractivity contribution in [3.63, 3.8) is 0 Å². The normalized spacial score (nSPS) is 10.8. The van der Waals surface area contributed by atoms with Crippen molar-refractivity contribution in [3.05, 3.63) is 35.4 Å². The van der Waals surface area contributed by atoms with E-state index in [2.05, 4.69) is 6.92 Å². The Bertz CT molecular complexity index is 439. The third-order valence-corrected chi connectivity index (χ3v) is 4.50. The maximum atomic E-state index is 11.7. The van der Waals surface area contributed by atoms with Crippen molar-refractivity contribution in [2.75, 3.05) is 6.61 Å². The Labute approximate surface area is 154 Å². The fraction of sp³-hybridized carbons (Fsp3) is 0.682. The van der Waals surface area contributed by atoms with Gasteiger partial charge < -0.3 is 0 Å². The lowest BCUT2D eigenvalue weighted by Crippen LogP contribution is -2.07. The van der Waals surface area contributed by atoms with Crippen molar-refractivity contribution in [2.24, 2.45) is 0 Å². The first-order valence-electron chi connectivity index (χ1n) is 10.1. The molecule has 0 unspecified atom stereocenters. The summed E-state index contributed by atoms with van der Waals surface area (Å²) in [6, 6.07) is 7.29. The van der Waals surface area contributed by atoms with Crippen LogP contribution in [-0.4, -0.2) is 12.6 Å². The van der Waals surface area contributed by atoms with Gasteiger partial charge in [-0.1, -0.05) is 95.2 Å². The molecule has 1 aromatic rings. The highest BCUT2D eigenvalue weighted by Crippen LogP contribution is 2.12. The molecule has 0 heterocycles. The zero-order valence-corrected chi connectivity index (χ0v) is 16.2. The van der Waals surface area contributed by atoms with Crippen LogP contribution in [-0.2, 0) is 9.78 Å². The maximum Gasteiger partial charge on any atom is 0.373 e. The molecule has 0 saturated carbocycles. The van der Waals surface area contributed by atoms with E-state index in [-0.39, 0.29) is 0 Å². The van der Waals surface area contributed by atoms with Crippen molar-refractivity contribution >= 4 is 5.97 Å². The van der Waals surface area contributed by atoms with Gasteiger partial charge in [-0.05, 0) is 25.5 Å². The standard InChI is InChI=1S/C22H36O3/c1-3-4-5-6-7-8-9-10-11-12-13-14-19-24-25-22(23)21-17-15-20(2)16-18-21/h15-18H,3-14,19H2,1-2H3. The third kappa shape index (κ3) is 11.8. The molecule has 0 atom stereocenters.